The van der Waals surface area contributed by atoms with Crippen LogP contribution in [0.1, 0.15) is 27.8 Å². The first-order chi connectivity index (χ1) is 23.6. The van der Waals surface area contributed by atoms with E-state index in [1.807, 2.05) is 44.2 Å². The lowest BCUT2D eigenvalue weighted by atomic mass is 10.1. The molecule has 1 fully saturated rings. The summed E-state index contributed by atoms with van der Waals surface area (Å²) >= 11 is 0. The maximum Gasteiger partial charge on any atom is 0.298 e. The Labute approximate surface area is 287 Å². The van der Waals surface area contributed by atoms with Gasteiger partial charge in [-0.2, -0.15) is 0 Å². The lowest BCUT2D eigenvalue weighted by molar-refractivity contribution is -0.514. The highest BCUT2D eigenvalue weighted by atomic mass is 16.3. The van der Waals surface area contributed by atoms with E-state index < -0.39 is 44.3 Å². The van der Waals surface area contributed by atoms with E-state index in [-0.39, 0.29) is 22.9 Å². The number of aryl methyl sites for hydroxylation is 2. The number of anilines is 1. The van der Waals surface area contributed by atoms with Crippen LogP contribution in [0.4, 0.5) is 11.4 Å². The number of phenols is 2. The second kappa shape index (κ2) is 18.2. The van der Waals surface area contributed by atoms with Gasteiger partial charge in [0, 0.05) is 85.8 Å². The Bertz CT molecular complexity index is 1550. The largest absolute Gasteiger partial charge is 0.505 e. The van der Waals surface area contributed by atoms with Crippen molar-refractivity contribution in [1.82, 2.24) is 14.7 Å². The van der Waals surface area contributed by atoms with Gasteiger partial charge >= 0.3 is 0 Å². The number of carbonyl (C=O) groups excluding carboxylic acids is 1. The van der Waals surface area contributed by atoms with Gasteiger partial charge in [0.2, 0.25) is 5.91 Å². The lowest BCUT2D eigenvalue weighted by Gasteiger charge is -2.27. The zero-order chi connectivity index (χ0) is 35.5. The van der Waals surface area contributed by atoms with Crippen LogP contribution >= 0.6 is 0 Å². The summed E-state index contributed by atoms with van der Waals surface area (Å²) in [6.07, 6.45) is 0. The molecule has 49 heavy (non-hydrogen) atoms. The number of aliphatic hydroxyl groups excluding tert-OH is 4. The molecule has 1 aliphatic heterocycles. The van der Waals surface area contributed by atoms with Crippen molar-refractivity contribution in [3.05, 3.63) is 87.3 Å². The first kappa shape index (κ1) is 37.9. The van der Waals surface area contributed by atoms with Crippen molar-refractivity contribution in [3.63, 3.8) is 0 Å². The summed E-state index contributed by atoms with van der Waals surface area (Å²) in [5.41, 5.74) is 4.17. The van der Waals surface area contributed by atoms with Gasteiger partial charge in [0.15, 0.2) is 5.75 Å². The Morgan fingerprint density at radius 1 is 0.714 bits per heavy atom. The van der Waals surface area contributed by atoms with Crippen LogP contribution in [0.5, 0.6) is 11.5 Å². The van der Waals surface area contributed by atoms with E-state index in [1.54, 1.807) is 12.1 Å². The predicted molar refractivity (Wildman–Crippen MR) is 185 cm³/mol. The van der Waals surface area contributed by atoms with Gasteiger partial charge in [-0.05, 0) is 36.6 Å². The highest BCUT2D eigenvalue weighted by Crippen LogP contribution is 2.34. The zero-order valence-electron chi connectivity index (χ0n) is 28.3. The molecule has 0 aromatic heterocycles. The molecular formula is C36H50N5O8+. The van der Waals surface area contributed by atoms with Crippen LogP contribution in [-0.4, -0.2) is 128 Å². The second-order valence-corrected chi connectivity index (χ2v) is 12.8. The maximum absolute atomic E-state index is 12.9. The molecule has 13 nitrogen and oxygen atoms in total. The number of aliphatic hydroxyl groups is 4. The molecule has 1 aliphatic rings. The third kappa shape index (κ3) is 10.3. The molecule has 1 saturated heterocycles. The normalized spacial score (nSPS) is 15.3. The molecule has 0 radical (unpaired) electrons. The van der Waals surface area contributed by atoms with Crippen LogP contribution in [0.3, 0.4) is 0 Å². The molecule has 13 heteroatoms. The average Bonchev–Trinajstić information content (AvgIpc) is 3.17. The van der Waals surface area contributed by atoms with Crippen molar-refractivity contribution in [2.24, 2.45) is 5.92 Å². The number of nitrogens with one attached hydrogen (secondary N) is 1. The summed E-state index contributed by atoms with van der Waals surface area (Å²) in [4.78, 5) is 32.3. The minimum absolute atomic E-state index is 0.00168. The van der Waals surface area contributed by atoms with Crippen molar-refractivity contribution >= 4 is 17.3 Å². The Balaban J connectivity index is 1.59. The molecule has 0 spiro atoms. The first-order valence-electron chi connectivity index (χ1n) is 16.6. The van der Waals surface area contributed by atoms with Gasteiger partial charge in [0.1, 0.15) is 19.0 Å². The van der Waals surface area contributed by atoms with Gasteiger partial charge in [-0.1, -0.05) is 42.5 Å². The SMILES string of the molecule is Cc1cc(CN2CCN(Cc3ccccc3)CCN(Cc3cc(C)cc([N+](=O)C(CO)CO)c3O)CC2)c(O)c(NC(=O)C(CO)CO)c1. The van der Waals surface area contributed by atoms with Gasteiger partial charge in [-0.3, -0.25) is 19.5 Å². The molecule has 7 N–H and O–H groups in total. The quantitative estimate of drug-likeness (QED) is 0.0976. The van der Waals surface area contributed by atoms with Crippen LogP contribution in [0.25, 0.3) is 0 Å². The number of phenolic OH excluding ortho intramolecular Hbond substituents is 2. The van der Waals surface area contributed by atoms with E-state index in [9.17, 15) is 40.3 Å². The van der Waals surface area contributed by atoms with E-state index >= 15 is 0 Å². The number of rotatable bonds is 14. The van der Waals surface area contributed by atoms with Crippen LogP contribution in [0.15, 0.2) is 54.6 Å². The average molecular weight is 681 g/mol. The summed E-state index contributed by atoms with van der Waals surface area (Å²) in [7, 11) is 0. The fourth-order valence-corrected chi connectivity index (χ4v) is 6.03. The fraction of sp³-hybridized carbons (Fsp3) is 0.472. The summed E-state index contributed by atoms with van der Waals surface area (Å²) in [5, 5.41) is 63.1. The molecule has 0 saturated carbocycles. The summed E-state index contributed by atoms with van der Waals surface area (Å²) in [5.74, 6) is -1.85. The monoisotopic (exact) mass is 680 g/mol. The van der Waals surface area contributed by atoms with Gasteiger partial charge in [0.25, 0.3) is 11.7 Å². The number of amides is 1. The predicted octanol–water partition coefficient (Wildman–Crippen LogP) is 1.84. The Morgan fingerprint density at radius 3 is 1.71 bits per heavy atom. The van der Waals surface area contributed by atoms with Crippen molar-refractivity contribution in [1.29, 1.82) is 0 Å². The molecular weight excluding hydrogens is 630 g/mol. The van der Waals surface area contributed by atoms with Gasteiger partial charge in [-0.25, -0.2) is 0 Å². The number of nitrogens with zero attached hydrogens (tertiary/aromatic N) is 4. The first-order valence-corrected chi connectivity index (χ1v) is 16.6. The Kier molecular flexibility index (Phi) is 14.0. The lowest BCUT2D eigenvalue weighted by Crippen LogP contribution is -2.35. The number of nitroso groups, excluding NO2 is 1. The molecule has 266 valence electrons. The van der Waals surface area contributed by atoms with E-state index in [0.717, 1.165) is 30.8 Å². The van der Waals surface area contributed by atoms with Crippen LogP contribution < -0.4 is 5.32 Å². The molecule has 0 atom stereocenters. The van der Waals surface area contributed by atoms with Crippen molar-refractivity contribution in [2.75, 3.05) is 71.0 Å². The van der Waals surface area contributed by atoms with Crippen molar-refractivity contribution in [3.8, 4) is 11.5 Å². The van der Waals surface area contributed by atoms with Gasteiger partial charge < -0.3 is 36.0 Å². The highest BCUT2D eigenvalue weighted by Gasteiger charge is 2.31. The van der Waals surface area contributed by atoms with Crippen LogP contribution in [0, 0.1) is 24.7 Å². The van der Waals surface area contributed by atoms with E-state index in [4.69, 9.17) is 0 Å². The molecule has 4 rings (SSSR count). The third-order valence-electron chi connectivity index (χ3n) is 8.94. The minimum Gasteiger partial charge on any atom is -0.505 e. The standard InChI is InChI=1S/C36H49N5O8/c1-25-14-28(34(46)32(16-25)37-36(48)30(21-42)22-43)19-39-10-8-38(18-27-6-4-3-5-7-27)9-11-40(13-12-39)20-29-15-26(2)17-33(35(29)47)41(49)31(23-44)24-45/h3-7,14-17,30-31,42-45H,8-13,18-24H2,1-2H3,(H2-,37,46,47,48,49)/p+1. The number of benzene rings is 3. The van der Waals surface area contributed by atoms with Crippen LogP contribution in [0.2, 0.25) is 0 Å². The maximum atomic E-state index is 12.9. The topological polar surface area (TPSA) is 180 Å². The molecule has 1 heterocycles. The third-order valence-corrected chi connectivity index (χ3v) is 8.94. The second-order valence-electron chi connectivity index (χ2n) is 12.8. The number of carbonyl (C=O) groups is 1. The number of hydrogen-bond acceptors (Lipinski definition) is 11. The molecule has 0 bridgehead atoms. The summed E-state index contributed by atoms with van der Waals surface area (Å²) in [6, 6.07) is 16.0. The molecule has 3 aromatic carbocycles. The number of hydrogen-bond donors (Lipinski definition) is 7. The molecule has 0 aliphatic carbocycles. The van der Waals surface area contributed by atoms with E-state index in [2.05, 4.69) is 32.1 Å². The Hall–Kier alpha value is -3.95. The highest BCUT2D eigenvalue weighted by molar-refractivity contribution is 5.94. The fourth-order valence-electron chi connectivity index (χ4n) is 6.03. The van der Waals surface area contributed by atoms with Crippen molar-refractivity contribution < 1.29 is 40.2 Å². The summed E-state index contributed by atoms with van der Waals surface area (Å²) < 4.78 is 0.465. The molecule has 0 unspecified atom stereocenters. The van der Waals surface area contributed by atoms with Gasteiger partial charge in [0.05, 0.1) is 24.8 Å². The van der Waals surface area contributed by atoms with E-state index in [1.165, 1.54) is 5.56 Å². The number of aromatic hydroxyl groups is 2. The molecule has 3 aromatic rings. The zero-order valence-corrected chi connectivity index (χ0v) is 28.3. The van der Waals surface area contributed by atoms with Crippen LogP contribution in [-0.2, 0) is 24.4 Å². The Morgan fingerprint density at radius 2 is 1.20 bits per heavy atom. The minimum atomic E-state index is -1.09. The molecule has 1 amide bonds. The van der Waals surface area contributed by atoms with Crippen molar-refractivity contribution in [2.45, 2.75) is 39.5 Å². The summed E-state index contributed by atoms with van der Waals surface area (Å²) in [6.45, 7) is 7.13. The van der Waals surface area contributed by atoms with E-state index in [0.29, 0.717) is 55.2 Å². The smallest absolute Gasteiger partial charge is 0.298 e. The van der Waals surface area contributed by atoms with Gasteiger partial charge in [-0.15, -0.1) is 0 Å².